The van der Waals surface area contributed by atoms with Crippen LogP contribution >= 0.6 is 15.9 Å². The van der Waals surface area contributed by atoms with Crippen LogP contribution in [0.3, 0.4) is 0 Å². The van der Waals surface area contributed by atoms with E-state index in [1.165, 1.54) is 10.9 Å². The van der Waals surface area contributed by atoms with Gasteiger partial charge in [-0.05, 0) is 34.0 Å². The van der Waals surface area contributed by atoms with Gasteiger partial charge in [0.15, 0.2) is 0 Å². The smallest absolute Gasteiger partial charge is 0.137 e. The van der Waals surface area contributed by atoms with Gasteiger partial charge < -0.3 is 4.98 Å². The van der Waals surface area contributed by atoms with Crippen molar-refractivity contribution in [1.29, 1.82) is 0 Å². The van der Waals surface area contributed by atoms with Gasteiger partial charge in [0.05, 0.1) is 0 Å². The molecule has 0 atom stereocenters. The van der Waals surface area contributed by atoms with Gasteiger partial charge in [0.1, 0.15) is 5.65 Å². The molecular weight excluding hydrogens is 216 g/mol. The van der Waals surface area contributed by atoms with Gasteiger partial charge in [0.2, 0.25) is 0 Å². The minimum absolute atomic E-state index is 0.968. The summed E-state index contributed by atoms with van der Waals surface area (Å²) in [5.74, 6) is 0. The third-order valence-corrected chi connectivity index (χ3v) is 2.68. The van der Waals surface area contributed by atoms with Crippen LogP contribution in [0.1, 0.15) is 12.5 Å². The van der Waals surface area contributed by atoms with E-state index in [1.807, 2.05) is 12.4 Å². The molecule has 3 heteroatoms. The Morgan fingerprint density at radius 2 is 2.42 bits per heavy atom. The van der Waals surface area contributed by atoms with Crippen molar-refractivity contribution in [2.75, 3.05) is 0 Å². The number of aromatic amines is 1. The SMILES string of the molecule is CCc1c(Br)cnc2[nH]ccc12. The van der Waals surface area contributed by atoms with Crippen molar-refractivity contribution >= 4 is 27.0 Å². The predicted octanol–water partition coefficient (Wildman–Crippen LogP) is 2.89. The van der Waals surface area contributed by atoms with Gasteiger partial charge in [-0.1, -0.05) is 6.92 Å². The summed E-state index contributed by atoms with van der Waals surface area (Å²) in [6, 6.07) is 2.06. The molecule has 0 aliphatic heterocycles. The molecule has 2 rings (SSSR count). The highest BCUT2D eigenvalue weighted by Gasteiger charge is 2.04. The Kier molecular flexibility index (Phi) is 1.89. The first-order valence-corrected chi connectivity index (χ1v) is 4.72. The highest BCUT2D eigenvalue weighted by Crippen LogP contribution is 2.23. The summed E-state index contributed by atoms with van der Waals surface area (Å²) in [6.07, 6.45) is 4.79. The zero-order valence-electron chi connectivity index (χ0n) is 6.76. The van der Waals surface area contributed by atoms with Gasteiger partial charge in [-0.15, -0.1) is 0 Å². The summed E-state index contributed by atoms with van der Waals surface area (Å²) in [5.41, 5.74) is 2.29. The second-order valence-corrected chi connectivity index (χ2v) is 3.53. The van der Waals surface area contributed by atoms with Crippen LogP contribution in [-0.4, -0.2) is 9.97 Å². The maximum atomic E-state index is 4.25. The van der Waals surface area contributed by atoms with Crippen molar-refractivity contribution in [2.24, 2.45) is 0 Å². The molecule has 62 valence electrons. The lowest BCUT2D eigenvalue weighted by Crippen LogP contribution is -1.86. The highest BCUT2D eigenvalue weighted by molar-refractivity contribution is 9.10. The minimum Gasteiger partial charge on any atom is -0.346 e. The third kappa shape index (κ3) is 1.05. The first-order valence-electron chi connectivity index (χ1n) is 3.93. The predicted molar refractivity (Wildman–Crippen MR) is 53.2 cm³/mol. The summed E-state index contributed by atoms with van der Waals surface area (Å²) in [6.45, 7) is 2.15. The molecule has 0 spiro atoms. The molecule has 2 heterocycles. The van der Waals surface area contributed by atoms with Gasteiger partial charge in [0, 0.05) is 22.3 Å². The molecule has 0 fully saturated rings. The van der Waals surface area contributed by atoms with Crippen LogP contribution in [-0.2, 0) is 6.42 Å². The van der Waals surface area contributed by atoms with Gasteiger partial charge in [-0.3, -0.25) is 0 Å². The molecule has 0 saturated carbocycles. The van der Waals surface area contributed by atoms with Crippen molar-refractivity contribution in [3.63, 3.8) is 0 Å². The topological polar surface area (TPSA) is 28.7 Å². The molecule has 0 unspecified atom stereocenters. The average molecular weight is 225 g/mol. The third-order valence-electron chi connectivity index (χ3n) is 2.00. The number of fused-ring (bicyclic) bond motifs is 1. The molecule has 12 heavy (non-hydrogen) atoms. The number of hydrogen-bond donors (Lipinski definition) is 1. The van der Waals surface area contributed by atoms with Crippen LogP contribution in [0.4, 0.5) is 0 Å². The molecule has 0 aliphatic carbocycles. The van der Waals surface area contributed by atoms with Crippen molar-refractivity contribution in [3.8, 4) is 0 Å². The Balaban J connectivity index is 2.83. The Labute approximate surface area is 79.1 Å². The van der Waals surface area contributed by atoms with Crippen molar-refractivity contribution in [3.05, 3.63) is 28.5 Å². The normalized spacial score (nSPS) is 10.8. The maximum absolute atomic E-state index is 4.25. The second kappa shape index (κ2) is 2.90. The van der Waals surface area contributed by atoms with E-state index in [1.54, 1.807) is 0 Å². The van der Waals surface area contributed by atoms with Gasteiger partial charge >= 0.3 is 0 Å². The van der Waals surface area contributed by atoms with Crippen LogP contribution in [0.25, 0.3) is 11.0 Å². The molecule has 0 aliphatic rings. The monoisotopic (exact) mass is 224 g/mol. The fourth-order valence-corrected chi connectivity index (χ4v) is 1.99. The van der Waals surface area contributed by atoms with Crippen LogP contribution < -0.4 is 0 Å². The summed E-state index contributed by atoms with van der Waals surface area (Å²) in [5, 5.41) is 1.21. The number of nitrogens with zero attached hydrogens (tertiary/aromatic N) is 1. The van der Waals surface area contributed by atoms with E-state index < -0.39 is 0 Å². The van der Waals surface area contributed by atoms with E-state index >= 15 is 0 Å². The molecule has 0 amide bonds. The number of rotatable bonds is 1. The van der Waals surface area contributed by atoms with Crippen molar-refractivity contribution in [1.82, 2.24) is 9.97 Å². The van der Waals surface area contributed by atoms with E-state index in [0.29, 0.717) is 0 Å². The van der Waals surface area contributed by atoms with Crippen molar-refractivity contribution < 1.29 is 0 Å². The molecule has 0 bridgehead atoms. The van der Waals surface area contributed by atoms with Gasteiger partial charge in [0.25, 0.3) is 0 Å². The number of nitrogens with one attached hydrogen (secondary N) is 1. The van der Waals surface area contributed by atoms with E-state index in [2.05, 4.69) is 38.9 Å². The molecule has 0 radical (unpaired) electrons. The van der Waals surface area contributed by atoms with Crippen molar-refractivity contribution in [2.45, 2.75) is 13.3 Å². The number of hydrogen-bond acceptors (Lipinski definition) is 1. The fraction of sp³-hybridized carbons (Fsp3) is 0.222. The average Bonchev–Trinajstić information content (AvgIpc) is 2.52. The molecule has 0 aromatic carbocycles. The lowest BCUT2D eigenvalue weighted by molar-refractivity contribution is 1.13. The minimum atomic E-state index is 0.968. The van der Waals surface area contributed by atoms with E-state index in [9.17, 15) is 0 Å². The quantitative estimate of drug-likeness (QED) is 0.794. The zero-order chi connectivity index (χ0) is 8.55. The van der Waals surface area contributed by atoms with E-state index in [-0.39, 0.29) is 0 Å². The molecule has 2 aromatic heterocycles. The molecule has 2 aromatic rings. The van der Waals surface area contributed by atoms with Gasteiger partial charge in [-0.2, -0.15) is 0 Å². The summed E-state index contributed by atoms with van der Waals surface area (Å²) >= 11 is 3.49. The Hall–Kier alpha value is -0.830. The Bertz CT molecular complexity index is 406. The summed E-state index contributed by atoms with van der Waals surface area (Å²) < 4.78 is 1.09. The Morgan fingerprint density at radius 3 is 3.17 bits per heavy atom. The standard InChI is InChI=1S/C9H9BrN2/c1-2-6-7-3-4-11-9(7)12-5-8(6)10/h3-5H,2H2,1H3,(H,11,12). The molecular formula is C9H9BrN2. The van der Waals surface area contributed by atoms with Gasteiger partial charge in [-0.25, -0.2) is 4.98 Å². The largest absolute Gasteiger partial charge is 0.346 e. The first kappa shape index (κ1) is 7.80. The fourth-order valence-electron chi connectivity index (χ4n) is 1.40. The molecule has 0 saturated heterocycles. The Morgan fingerprint density at radius 1 is 1.58 bits per heavy atom. The first-order chi connectivity index (χ1) is 5.83. The highest BCUT2D eigenvalue weighted by atomic mass is 79.9. The summed E-state index contributed by atoms with van der Waals surface area (Å²) in [7, 11) is 0. The number of aryl methyl sites for hydroxylation is 1. The van der Waals surface area contributed by atoms with Crippen LogP contribution in [0.5, 0.6) is 0 Å². The van der Waals surface area contributed by atoms with Crippen LogP contribution in [0.15, 0.2) is 22.9 Å². The number of aromatic nitrogens is 2. The lowest BCUT2D eigenvalue weighted by Gasteiger charge is -2.01. The van der Waals surface area contributed by atoms with Crippen LogP contribution in [0.2, 0.25) is 0 Å². The number of halogens is 1. The molecule has 2 nitrogen and oxygen atoms in total. The molecule has 1 N–H and O–H groups in total. The number of pyridine rings is 1. The second-order valence-electron chi connectivity index (χ2n) is 2.68. The zero-order valence-corrected chi connectivity index (χ0v) is 8.35. The lowest BCUT2D eigenvalue weighted by atomic mass is 10.1. The van der Waals surface area contributed by atoms with E-state index in [0.717, 1.165) is 16.5 Å². The maximum Gasteiger partial charge on any atom is 0.137 e. The van der Waals surface area contributed by atoms with E-state index in [4.69, 9.17) is 0 Å². The van der Waals surface area contributed by atoms with Crippen LogP contribution in [0, 0.1) is 0 Å². The summed E-state index contributed by atoms with van der Waals surface area (Å²) in [4.78, 5) is 7.34. The number of H-pyrrole nitrogens is 1.